The minimum Gasteiger partial charge on any atom is -0.274 e. The van der Waals surface area contributed by atoms with Crippen LogP contribution < -0.4 is 4.90 Å². The maximum atomic E-state index is 12.5. The Morgan fingerprint density at radius 2 is 1.81 bits per heavy atom. The van der Waals surface area contributed by atoms with E-state index in [0.29, 0.717) is 17.1 Å². The van der Waals surface area contributed by atoms with Crippen molar-refractivity contribution in [2.24, 2.45) is 5.92 Å². The van der Waals surface area contributed by atoms with Gasteiger partial charge >= 0.3 is 0 Å². The van der Waals surface area contributed by atoms with Crippen LogP contribution in [0.25, 0.3) is 0 Å². The maximum Gasteiger partial charge on any atom is 0.237 e. The normalized spacial score (nSPS) is 18.3. The maximum absolute atomic E-state index is 12.5. The van der Waals surface area contributed by atoms with Gasteiger partial charge in [-0.15, -0.1) is 0 Å². The molecule has 2 aromatic rings. The highest BCUT2D eigenvalue weighted by molar-refractivity contribution is 6.31. The summed E-state index contributed by atoms with van der Waals surface area (Å²) in [6, 6.07) is 16.6. The van der Waals surface area contributed by atoms with E-state index in [-0.39, 0.29) is 24.2 Å². The monoisotopic (exact) mass is 299 g/mol. The van der Waals surface area contributed by atoms with Crippen molar-refractivity contribution in [3.8, 4) is 0 Å². The third-order valence-corrected chi connectivity index (χ3v) is 3.87. The van der Waals surface area contributed by atoms with E-state index in [4.69, 9.17) is 11.6 Å². The molecule has 0 bridgehead atoms. The first-order chi connectivity index (χ1) is 10.1. The largest absolute Gasteiger partial charge is 0.274 e. The summed E-state index contributed by atoms with van der Waals surface area (Å²) >= 11 is 5.94. The molecule has 1 aliphatic rings. The first-order valence-electron chi connectivity index (χ1n) is 6.81. The van der Waals surface area contributed by atoms with Crippen LogP contribution >= 0.6 is 11.6 Å². The third-order valence-electron chi connectivity index (χ3n) is 3.63. The number of rotatable bonds is 3. The van der Waals surface area contributed by atoms with Crippen LogP contribution in [0.4, 0.5) is 5.69 Å². The molecule has 0 N–H and O–H groups in total. The summed E-state index contributed by atoms with van der Waals surface area (Å²) in [5, 5.41) is 0.514. The van der Waals surface area contributed by atoms with Crippen molar-refractivity contribution in [1.82, 2.24) is 0 Å². The fourth-order valence-electron chi connectivity index (χ4n) is 2.64. The molecule has 0 aromatic heterocycles. The summed E-state index contributed by atoms with van der Waals surface area (Å²) < 4.78 is 0. The van der Waals surface area contributed by atoms with Gasteiger partial charge in [0.25, 0.3) is 0 Å². The second kappa shape index (κ2) is 5.70. The molecule has 3 rings (SSSR count). The fourth-order valence-corrected chi connectivity index (χ4v) is 2.82. The number of nitrogens with zero attached hydrogens (tertiary/aromatic N) is 1. The van der Waals surface area contributed by atoms with Crippen LogP contribution in [-0.2, 0) is 16.0 Å². The van der Waals surface area contributed by atoms with Crippen LogP contribution in [-0.4, -0.2) is 11.8 Å². The van der Waals surface area contributed by atoms with E-state index in [1.807, 2.05) is 30.3 Å². The summed E-state index contributed by atoms with van der Waals surface area (Å²) in [5.74, 6) is -0.604. The number of hydrogen-bond donors (Lipinski definition) is 0. The third kappa shape index (κ3) is 2.83. The summed E-state index contributed by atoms with van der Waals surface area (Å²) in [7, 11) is 0. The molecular weight excluding hydrogens is 286 g/mol. The number of imide groups is 1. The molecule has 4 heteroatoms. The standard InChI is InChI=1S/C17H14ClNO2/c18-14-7-4-8-15(11-14)19-16(20)10-13(17(19)21)9-12-5-2-1-3-6-12/h1-8,11,13H,9-10H2/t13-/m0/s1. The van der Waals surface area contributed by atoms with Crippen molar-refractivity contribution in [2.75, 3.05) is 4.90 Å². The highest BCUT2D eigenvalue weighted by atomic mass is 35.5. The lowest BCUT2D eigenvalue weighted by atomic mass is 9.98. The van der Waals surface area contributed by atoms with Gasteiger partial charge in [0.05, 0.1) is 11.6 Å². The van der Waals surface area contributed by atoms with E-state index < -0.39 is 0 Å². The van der Waals surface area contributed by atoms with E-state index >= 15 is 0 Å². The number of amides is 2. The van der Waals surface area contributed by atoms with E-state index in [1.54, 1.807) is 24.3 Å². The zero-order chi connectivity index (χ0) is 14.8. The minimum atomic E-state index is -0.293. The molecule has 1 atom stereocenters. The second-order valence-electron chi connectivity index (χ2n) is 5.14. The van der Waals surface area contributed by atoms with Gasteiger partial charge in [-0.3, -0.25) is 14.5 Å². The van der Waals surface area contributed by atoms with Gasteiger partial charge in [0.1, 0.15) is 0 Å². The first kappa shape index (κ1) is 13.8. The number of hydrogen-bond acceptors (Lipinski definition) is 2. The van der Waals surface area contributed by atoms with Crippen molar-refractivity contribution >= 4 is 29.1 Å². The average Bonchev–Trinajstić information content (AvgIpc) is 2.74. The van der Waals surface area contributed by atoms with Gasteiger partial charge in [0, 0.05) is 11.4 Å². The Labute approximate surface area is 128 Å². The number of halogens is 1. The number of carbonyl (C=O) groups is 2. The Kier molecular flexibility index (Phi) is 3.76. The number of carbonyl (C=O) groups excluding carboxylic acids is 2. The van der Waals surface area contributed by atoms with Crippen LogP contribution in [0.3, 0.4) is 0 Å². The summed E-state index contributed by atoms with van der Waals surface area (Å²) in [4.78, 5) is 25.9. The molecule has 1 heterocycles. The van der Waals surface area contributed by atoms with Crippen molar-refractivity contribution < 1.29 is 9.59 Å². The zero-order valence-electron chi connectivity index (χ0n) is 11.3. The number of anilines is 1. The highest BCUT2D eigenvalue weighted by Crippen LogP contribution is 2.30. The molecule has 1 fully saturated rings. The molecule has 21 heavy (non-hydrogen) atoms. The van der Waals surface area contributed by atoms with Gasteiger partial charge in [-0.1, -0.05) is 48.0 Å². The molecule has 0 saturated carbocycles. The smallest absolute Gasteiger partial charge is 0.237 e. The zero-order valence-corrected chi connectivity index (χ0v) is 12.1. The van der Waals surface area contributed by atoms with E-state index in [0.717, 1.165) is 5.56 Å². The van der Waals surface area contributed by atoms with Crippen molar-refractivity contribution in [3.63, 3.8) is 0 Å². The lowest BCUT2D eigenvalue weighted by Crippen LogP contribution is -2.30. The Balaban J connectivity index is 1.82. The average molecular weight is 300 g/mol. The second-order valence-corrected chi connectivity index (χ2v) is 5.57. The molecule has 3 nitrogen and oxygen atoms in total. The molecule has 1 aliphatic heterocycles. The Morgan fingerprint density at radius 3 is 2.52 bits per heavy atom. The summed E-state index contributed by atoms with van der Waals surface area (Å²) in [5.41, 5.74) is 1.62. The molecule has 0 aliphatic carbocycles. The molecule has 0 unspecified atom stereocenters. The predicted molar refractivity (Wildman–Crippen MR) is 82.2 cm³/mol. The highest BCUT2D eigenvalue weighted by Gasteiger charge is 2.39. The van der Waals surface area contributed by atoms with Gasteiger partial charge in [-0.2, -0.15) is 0 Å². The topological polar surface area (TPSA) is 37.4 Å². The van der Waals surface area contributed by atoms with E-state index in [9.17, 15) is 9.59 Å². The van der Waals surface area contributed by atoms with E-state index in [2.05, 4.69) is 0 Å². The Morgan fingerprint density at radius 1 is 1.05 bits per heavy atom. The van der Waals surface area contributed by atoms with E-state index in [1.165, 1.54) is 4.90 Å². The van der Waals surface area contributed by atoms with Crippen molar-refractivity contribution in [3.05, 3.63) is 65.2 Å². The molecule has 0 radical (unpaired) electrons. The molecule has 0 spiro atoms. The Bertz CT molecular complexity index is 684. The van der Waals surface area contributed by atoms with Crippen LogP contribution in [0.5, 0.6) is 0 Å². The van der Waals surface area contributed by atoms with Crippen LogP contribution in [0.15, 0.2) is 54.6 Å². The lowest BCUT2D eigenvalue weighted by Gasteiger charge is -2.15. The molecule has 2 amide bonds. The SMILES string of the molecule is O=C1C[C@H](Cc2ccccc2)C(=O)N1c1cccc(Cl)c1. The van der Waals surface area contributed by atoms with Crippen LogP contribution in [0, 0.1) is 5.92 Å². The van der Waals surface area contributed by atoms with Gasteiger partial charge in [0.15, 0.2) is 0 Å². The van der Waals surface area contributed by atoms with Gasteiger partial charge in [-0.05, 0) is 30.2 Å². The van der Waals surface area contributed by atoms with Gasteiger partial charge < -0.3 is 0 Å². The Hall–Kier alpha value is -2.13. The lowest BCUT2D eigenvalue weighted by molar-refractivity contribution is -0.122. The molecule has 106 valence electrons. The molecule has 1 saturated heterocycles. The minimum absolute atomic E-state index is 0.147. The summed E-state index contributed by atoms with van der Waals surface area (Å²) in [6.07, 6.45) is 0.836. The molecular formula is C17H14ClNO2. The molecule has 2 aromatic carbocycles. The van der Waals surface area contributed by atoms with Crippen molar-refractivity contribution in [1.29, 1.82) is 0 Å². The van der Waals surface area contributed by atoms with Crippen LogP contribution in [0.2, 0.25) is 5.02 Å². The van der Waals surface area contributed by atoms with Crippen molar-refractivity contribution in [2.45, 2.75) is 12.8 Å². The number of benzene rings is 2. The summed E-state index contributed by atoms with van der Waals surface area (Å²) in [6.45, 7) is 0. The van der Waals surface area contributed by atoms with Crippen LogP contribution in [0.1, 0.15) is 12.0 Å². The van der Waals surface area contributed by atoms with Gasteiger partial charge in [-0.25, -0.2) is 0 Å². The predicted octanol–water partition coefficient (Wildman–Crippen LogP) is 3.46. The van der Waals surface area contributed by atoms with Gasteiger partial charge in [0.2, 0.25) is 11.8 Å². The quantitative estimate of drug-likeness (QED) is 0.814. The fraction of sp³-hybridized carbons (Fsp3) is 0.176. The first-order valence-corrected chi connectivity index (χ1v) is 7.19.